The summed E-state index contributed by atoms with van der Waals surface area (Å²) >= 11 is 0. The van der Waals surface area contributed by atoms with Crippen molar-refractivity contribution in [3.05, 3.63) is 83.4 Å². The largest absolute Gasteiger partial charge is 0.394 e. The fraction of sp³-hybridized carbons (Fsp3) is 0.444. The van der Waals surface area contributed by atoms with Crippen molar-refractivity contribution < 1.29 is 24.1 Å². The van der Waals surface area contributed by atoms with Gasteiger partial charge in [-0.3, -0.25) is 4.79 Å². The zero-order valence-electron chi connectivity index (χ0n) is 26.3. The van der Waals surface area contributed by atoms with Gasteiger partial charge in [-0.15, -0.1) is 0 Å². The molecule has 45 heavy (non-hydrogen) atoms. The molecule has 3 heterocycles. The van der Waals surface area contributed by atoms with E-state index in [2.05, 4.69) is 46.1 Å². The SMILES string of the molecule is COCCCn1c(C2CCCN(C(=O)CCCc3ccc(-c4ccc(NC(CO)CO)nc4)cc3)C2)c(C)c2cccc(F)c21. The number of para-hydroxylation sites is 1. The quantitative estimate of drug-likeness (QED) is 0.158. The molecule has 2 aromatic heterocycles. The number of nitrogens with one attached hydrogen (secondary N) is 1. The normalized spacial score (nSPS) is 15.2. The molecule has 5 rings (SSSR count). The molecule has 4 aromatic rings. The van der Waals surface area contributed by atoms with Crippen LogP contribution in [0.3, 0.4) is 0 Å². The highest BCUT2D eigenvalue weighted by Crippen LogP contribution is 2.37. The molecule has 0 bridgehead atoms. The van der Waals surface area contributed by atoms with Crippen molar-refractivity contribution in [1.82, 2.24) is 14.5 Å². The summed E-state index contributed by atoms with van der Waals surface area (Å²) in [5, 5.41) is 22.4. The van der Waals surface area contributed by atoms with Crippen LogP contribution in [0.25, 0.3) is 22.0 Å². The summed E-state index contributed by atoms with van der Waals surface area (Å²) in [5.41, 5.74) is 6.14. The van der Waals surface area contributed by atoms with Crippen molar-refractivity contribution in [1.29, 1.82) is 0 Å². The van der Waals surface area contributed by atoms with E-state index in [9.17, 15) is 15.0 Å². The number of halogens is 1. The second-order valence-corrected chi connectivity index (χ2v) is 12.0. The number of amides is 1. The van der Waals surface area contributed by atoms with Gasteiger partial charge >= 0.3 is 0 Å². The Morgan fingerprint density at radius 1 is 1.09 bits per heavy atom. The molecule has 0 spiro atoms. The lowest BCUT2D eigenvalue weighted by atomic mass is 9.91. The third-order valence-corrected chi connectivity index (χ3v) is 8.93. The van der Waals surface area contributed by atoms with Gasteiger partial charge in [-0.1, -0.05) is 36.4 Å². The number of aromatic nitrogens is 2. The highest BCUT2D eigenvalue weighted by molar-refractivity contribution is 5.86. The first kappa shape index (κ1) is 32.6. The first-order valence-corrected chi connectivity index (χ1v) is 16.0. The van der Waals surface area contributed by atoms with Crippen LogP contribution in [0.5, 0.6) is 0 Å². The topological polar surface area (TPSA) is 99.9 Å². The van der Waals surface area contributed by atoms with Crippen LogP contribution in [0, 0.1) is 12.7 Å². The second kappa shape index (κ2) is 15.5. The van der Waals surface area contributed by atoms with Gasteiger partial charge in [0.1, 0.15) is 11.6 Å². The first-order chi connectivity index (χ1) is 21.9. The van der Waals surface area contributed by atoms with E-state index in [0.717, 1.165) is 66.4 Å². The maximum Gasteiger partial charge on any atom is 0.222 e. The summed E-state index contributed by atoms with van der Waals surface area (Å²) < 4.78 is 22.5. The lowest BCUT2D eigenvalue weighted by Crippen LogP contribution is -2.39. The number of ether oxygens (including phenoxy) is 1. The van der Waals surface area contributed by atoms with Crippen molar-refractivity contribution in [3.8, 4) is 11.1 Å². The first-order valence-electron chi connectivity index (χ1n) is 16.0. The number of piperidine rings is 1. The van der Waals surface area contributed by atoms with Gasteiger partial charge in [0, 0.05) is 68.5 Å². The Hall–Kier alpha value is -3.79. The molecule has 1 aliphatic heterocycles. The molecule has 240 valence electrons. The molecule has 1 fully saturated rings. The van der Waals surface area contributed by atoms with E-state index < -0.39 is 6.04 Å². The average molecular weight is 617 g/mol. The summed E-state index contributed by atoms with van der Waals surface area (Å²) in [6, 6.07) is 17.0. The molecule has 1 amide bonds. The van der Waals surface area contributed by atoms with Gasteiger partial charge in [0.15, 0.2) is 0 Å². The molecule has 9 heteroatoms. The van der Waals surface area contributed by atoms with Crippen LogP contribution < -0.4 is 5.32 Å². The lowest BCUT2D eigenvalue weighted by molar-refractivity contribution is -0.132. The molecule has 3 N–H and O–H groups in total. The van der Waals surface area contributed by atoms with Crippen molar-refractivity contribution in [2.45, 2.75) is 64.0 Å². The van der Waals surface area contributed by atoms with E-state index in [-0.39, 0.29) is 30.9 Å². The maximum atomic E-state index is 15.0. The van der Waals surface area contributed by atoms with Crippen LogP contribution in [0.1, 0.15) is 54.8 Å². The zero-order chi connectivity index (χ0) is 31.8. The van der Waals surface area contributed by atoms with Crippen LogP contribution in [0.15, 0.2) is 60.8 Å². The number of carbonyl (C=O) groups excluding carboxylic acids is 1. The van der Waals surface area contributed by atoms with Gasteiger partial charge in [-0.25, -0.2) is 9.37 Å². The van der Waals surface area contributed by atoms with Gasteiger partial charge in [-0.05, 0) is 73.9 Å². The Morgan fingerprint density at radius 2 is 1.87 bits per heavy atom. The number of benzene rings is 2. The molecule has 1 saturated heterocycles. The van der Waals surface area contributed by atoms with Gasteiger partial charge in [0.05, 0.1) is 24.8 Å². The van der Waals surface area contributed by atoms with Crippen molar-refractivity contribution in [2.24, 2.45) is 0 Å². The van der Waals surface area contributed by atoms with Gasteiger partial charge in [-0.2, -0.15) is 0 Å². The number of methoxy groups -OCH3 is 1. The number of carbonyl (C=O) groups is 1. The van der Waals surface area contributed by atoms with E-state index >= 15 is 4.39 Å². The average Bonchev–Trinajstić information content (AvgIpc) is 3.36. The van der Waals surface area contributed by atoms with Gasteiger partial charge < -0.3 is 29.7 Å². The van der Waals surface area contributed by atoms with E-state index in [1.807, 2.05) is 23.1 Å². The maximum absolute atomic E-state index is 15.0. The van der Waals surface area contributed by atoms with Crippen LogP contribution >= 0.6 is 0 Å². The Kier molecular flexibility index (Phi) is 11.2. The predicted octanol–water partition coefficient (Wildman–Crippen LogP) is 5.68. The van der Waals surface area contributed by atoms with Crippen LogP contribution in [-0.2, 0) is 22.5 Å². The molecule has 0 saturated carbocycles. The van der Waals surface area contributed by atoms with Gasteiger partial charge in [0.25, 0.3) is 0 Å². The van der Waals surface area contributed by atoms with Crippen LogP contribution in [0.4, 0.5) is 10.2 Å². The third kappa shape index (κ3) is 7.72. The van der Waals surface area contributed by atoms with Crippen molar-refractivity contribution in [2.75, 3.05) is 45.3 Å². The fourth-order valence-electron chi connectivity index (χ4n) is 6.58. The minimum atomic E-state index is -0.440. The summed E-state index contributed by atoms with van der Waals surface area (Å²) in [5.74, 6) is 0.761. The smallest absolute Gasteiger partial charge is 0.222 e. The summed E-state index contributed by atoms with van der Waals surface area (Å²) in [6.45, 7) is 4.48. The fourth-order valence-corrected chi connectivity index (χ4v) is 6.58. The lowest BCUT2D eigenvalue weighted by Gasteiger charge is -2.34. The minimum absolute atomic E-state index is 0.171. The third-order valence-electron chi connectivity index (χ3n) is 8.93. The number of aliphatic hydroxyl groups excluding tert-OH is 2. The molecule has 1 aliphatic rings. The molecule has 8 nitrogen and oxygen atoms in total. The molecule has 2 aromatic carbocycles. The van der Waals surface area contributed by atoms with Crippen LogP contribution in [0.2, 0.25) is 0 Å². The number of likely N-dealkylation sites (tertiary alicyclic amines) is 1. The second-order valence-electron chi connectivity index (χ2n) is 12.0. The predicted molar refractivity (Wildman–Crippen MR) is 176 cm³/mol. The summed E-state index contributed by atoms with van der Waals surface area (Å²) in [7, 11) is 1.69. The van der Waals surface area contributed by atoms with Gasteiger partial charge in [0.2, 0.25) is 5.91 Å². The number of aliphatic hydroxyl groups is 2. The van der Waals surface area contributed by atoms with Crippen LogP contribution in [-0.4, -0.2) is 76.6 Å². The highest BCUT2D eigenvalue weighted by atomic mass is 19.1. The number of hydrogen-bond donors (Lipinski definition) is 3. The number of anilines is 1. The highest BCUT2D eigenvalue weighted by Gasteiger charge is 2.29. The summed E-state index contributed by atoms with van der Waals surface area (Å²) in [4.78, 5) is 19.8. The molecule has 0 radical (unpaired) electrons. The molecule has 1 atom stereocenters. The number of hydrogen-bond acceptors (Lipinski definition) is 6. The summed E-state index contributed by atoms with van der Waals surface area (Å²) in [6.07, 6.45) is 6.59. The molecular formula is C36H45FN4O4. The Morgan fingerprint density at radius 3 is 2.58 bits per heavy atom. The van der Waals surface area contributed by atoms with Crippen molar-refractivity contribution >= 4 is 22.6 Å². The van der Waals surface area contributed by atoms with E-state index in [4.69, 9.17) is 4.74 Å². The Balaban J connectivity index is 1.17. The zero-order valence-corrected chi connectivity index (χ0v) is 26.3. The Bertz CT molecular complexity index is 1550. The monoisotopic (exact) mass is 616 g/mol. The number of rotatable bonds is 14. The molecule has 0 aliphatic carbocycles. The molecular weight excluding hydrogens is 571 g/mol. The standard InChI is InChI=1S/C36H45FN4O4/c1-25-31-9-4-10-32(37)36(31)41(19-6-20-45-2)35(25)29-8-5-18-40(22-29)34(44)11-3-7-26-12-14-27(15-13-26)28-16-17-33(38-21-28)39-30(23-42)24-43/h4,9-10,12-17,21,29-30,42-43H,3,5-8,11,18-20,22-24H2,1-2H3,(H,38,39). The van der Waals surface area contributed by atoms with E-state index in [1.54, 1.807) is 19.4 Å². The number of aryl methyl sites for hydroxylation is 3. The number of nitrogens with zero attached hydrogens (tertiary/aromatic N) is 3. The number of pyridine rings is 1. The van der Waals surface area contributed by atoms with E-state index in [0.29, 0.717) is 37.5 Å². The molecule has 1 unspecified atom stereocenters. The number of fused-ring (bicyclic) bond motifs is 1. The van der Waals surface area contributed by atoms with Crippen molar-refractivity contribution in [3.63, 3.8) is 0 Å². The van der Waals surface area contributed by atoms with E-state index in [1.165, 1.54) is 11.6 Å². The minimum Gasteiger partial charge on any atom is -0.394 e. The Labute approximate surface area is 264 Å².